The van der Waals surface area contributed by atoms with Crippen LogP contribution in [0.3, 0.4) is 0 Å². The van der Waals surface area contributed by atoms with Crippen LogP contribution < -0.4 is 0 Å². The second-order valence-corrected chi connectivity index (χ2v) is 11.4. The summed E-state index contributed by atoms with van der Waals surface area (Å²) in [5.41, 5.74) is -0.467. The van der Waals surface area contributed by atoms with Crippen molar-refractivity contribution in [1.82, 2.24) is 0 Å². The third-order valence-electron chi connectivity index (χ3n) is 4.02. The molecule has 0 aromatic carbocycles. The van der Waals surface area contributed by atoms with Crippen molar-refractivity contribution in [2.45, 2.75) is 70.2 Å². The van der Waals surface area contributed by atoms with E-state index in [1.165, 1.54) is 0 Å². The minimum atomic E-state index is -1.87. The maximum atomic E-state index is 6.55. The lowest BCUT2D eigenvalue weighted by Gasteiger charge is -2.43. The lowest BCUT2D eigenvalue weighted by atomic mass is 9.93. The lowest BCUT2D eigenvalue weighted by molar-refractivity contribution is 0.0952. The molecule has 0 radical (unpaired) electrons. The van der Waals surface area contributed by atoms with Gasteiger partial charge in [-0.1, -0.05) is 38.8 Å². The normalized spacial score (nSPS) is 12.8. The van der Waals surface area contributed by atoms with E-state index in [0.29, 0.717) is 0 Å². The van der Waals surface area contributed by atoms with Gasteiger partial charge in [-0.05, 0) is 43.8 Å². The number of hydrogen-bond acceptors (Lipinski definition) is 1. The molecule has 0 aromatic heterocycles. The number of rotatable bonds is 8. The second kappa shape index (κ2) is 7.12. The summed E-state index contributed by atoms with van der Waals surface area (Å²) in [5, 5.41) is 0.164. The van der Waals surface area contributed by atoms with Gasteiger partial charge in [0.05, 0.1) is 0 Å². The van der Waals surface area contributed by atoms with E-state index < -0.39 is 13.9 Å². The topological polar surface area (TPSA) is 9.23 Å². The molecule has 0 spiro atoms. The van der Waals surface area contributed by atoms with Crippen molar-refractivity contribution in [2.75, 3.05) is 0 Å². The molecular formula is C17H30OSi. The third kappa shape index (κ3) is 5.38. The van der Waals surface area contributed by atoms with E-state index in [9.17, 15) is 0 Å². The molecule has 0 atom stereocenters. The van der Waals surface area contributed by atoms with Crippen molar-refractivity contribution in [2.24, 2.45) is 0 Å². The van der Waals surface area contributed by atoms with Crippen LogP contribution in [0.2, 0.25) is 18.1 Å². The molecule has 0 aromatic rings. The molecule has 0 saturated heterocycles. The van der Waals surface area contributed by atoms with Crippen molar-refractivity contribution in [3.8, 4) is 12.3 Å². The van der Waals surface area contributed by atoms with E-state index in [0.717, 1.165) is 25.7 Å². The number of allylic oxidation sites excluding steroid dienone is 2. The molecule has 108 valence electrons. The van der Waals surface area contributed by atoms with Crippen LogP contribution in [-0.4, -0.2) is 13.9 Å². The Morgan fingerprint density at radius 2 is 1.53 bits per heavy atom. The zero-order valence-electron chi connectivity index (χ0n) is 13.4. The molecule has 0 rings (SSSR count). The highest BCUT2D eigenvalue weighted by molar-refractivity contribution is 6.74. The fourth-order valence-corrected chi connectivity index (χ4v) is 3.26. The molecule has 1 nitrogen and oxygen atoms in total. The van der Waals surface area contributed by atoms with Gasteiger partial charge in [-0.15, -0.1) is 19.6 Å². The summed E-state index contributed by atoms with van der Waals surface area (Å²) in [4.78, 5) is 0. The van der Waals surface area contributed by atoms with Crippen LogP contribution in [0.5, 0.6) is 0 Å². The summed E-state index contributed by atoms with van der Waals surface area (Å²) in [7, 11) is -1.87. The first-order valence-corrected chi connectivity index (χ1v) is 9.95. The van der Waals surface area contributed by atoms with Gasteiger partial charge in [0.1, 0.15) is 5.60 Å². The van der Waals surface area contributed by atoms with Gasteiger partial charge in [-0.2, -0.15) is 0 Å². The summed E-state index contributed by atoms with van der Waals surface area (Å²) in [6.45, 7) is 18.8. The first-order valence-electron chi connectivity index (χ1n) is 7.04. The van der Waals surface area contributed by atoms with Gasteiger partial charge in [-0.25, -0.2) is 0 Å². The van der Waals surface area contributed by atoms with Crippen molar-refractivity contribution in [3.63, 3.8) is 0 Å². The Kier molecular flexibility index (Phi) is 6.83. The summed E-state index contributed by atoms with van der Waals surface area (Å²) in [6, 6.07) is 0. The van der Waals surface area contributed by atoms with Crippen molar-refractivity contribution in [3.05, 3.63) is 25.3 Å². The van der Waals surface area contributed by atoms with Gasteiger partial charge in [0.25, 0.3) is 0 Å². The largest absolute Gasteiger partial charge is 0.401 e. The zero-order valence-corrected chi connectivity index (χ0v) is 14.4. The molecule has 19 heavy (non-hydrogen) atoms. The summed E-state index contributed by atoms with van der Waals surface area (Å²) < 4.78 is 6.55. The van der Waals surface area contributed by atoms with E-state index >= 15 is 0 Å². The SMILES string of the molecule is C#CC(CCC=C)(CCC=C)O[Si](C)(C)C(C)(C)C. The Balaban J connectivity index is 5.18. The quantitative estimate of drug-likeness (QED) is 0.332. The maximum Gasteiger partial charge on any atom is 0.194 e. The molecule has 0 aliphatic carbocycles. The summed E-state index contributed by atoms with van der Waals surface area (Å²) in [6.07, 6.45) is 13.1. The van der Waals surface area contributed by atoms with Crippen molar-refractivity contribution < 1.29 is 4.43 Å². The third-order valence-corrected chi connectivity index (χ3v) is 8.54. The monoisotopic (exact) mass is 278 g/mol. The fourth-order valence-electron chi connectivity index (χ4n) is 1.71. The smallest absolute Gasteiger partial charge is 0.194 e. The maximum absolute atomic E-state index is 6.55. The molecule has 0 saturated carbocycles. The molecule has 0 unspecified atom stereocenters. The average Bonchev–Trinajstić information content (AvgIpc) is 2.31. The van der Waals surface area contributed by atoms with Gasteiger partial charge >= 0.3 is 0 Å². The second-order valence-electron chi connectivity index (χ2n) is 6.66. The van der Waals surface area contributed by atoms with E-state index in [1.54, 1.807) is 0 Å². The predicted molar refractivity (Wildman–Crippen MR) is 88.7 cm³/mol. The highest BCUT2D eigenvalue weighted by Gasteiger charge is 2.43. The molecule has 0 N–H and O–H groups in total. The van der Waals surface area contributed by atoms with Crippen LogP contribution in [0, 0.1) is 12.3 Å². The zero-order chi connectivity index (χ0) is 15.2. The fraction of sp³-hybridized carbons (Fsp3) is 0.647. The van der Waals surface area contributed by atoms with E-state index in [1.807, 2.05) is 12.2 Å². The first kappa shape index (κ1) is 18.2. The molecule has 0 aliphatic rings. The standard InChI is InChI=1S/C17H30OSi/c1-9-12-14-17(11-3,15-13-10-2)18-19(7,8)16(4,5)6/h3,9-10H,1-2,12-15H2,4-8H3. The Morgan fingerprint density at radius 3 is 1.79 bits per heavy atom. The molecule has 0 aliphatic heterocycles. The molecule has 0 heterocycles. The van der Waals surface area contributed by atoms with Gasteiger partial charge < -0.3 is 4.43 Å². The van der Waals surface area contributed by atoms with Crippen molar-refractivity contribution >= 4 is 8.32 Å². The van der Waals surface area contributed by atoms with Crippen molar-refractivity contribution in [1.29, 1.82) is 0 Å². The van der Waals surface area contributed by atoms with E-state index in [-0.39, 0.29) is 5.04 Å². The Bertz CT molecular complexity index is 329. The average molecular weight is 279 g/mol. The van der Waals surface area contributed by atoms with Crippen LogP contribution in [0.1, 0.15) is 46.5 Å². The minimum Gasteiger partial charge on any atom is -0.401 e. The van der Waals surface area contributed by atoms with Gasteiger partial charge in [0.15, 0.2) is 8.32 Å². The van der Waals surface area contributed by atoms with Crippen LogP contribution in [0.4, 0.5) is 0 Å². The molecular weight excluding hydrogens is 248 g/mol. The van der Waals surface area contributed by atoms with Crippen LogP contribution in [0.25, 0.3) is 0 Å². The summed E-state index contributed by atoms with van der Waals surface area (Å²) >= 11 is 0. The lowest BCUT2D eigenvalue weighted by Crippen LogP contribution is -2.49. The Labute approximate surface area is 121 Å². The molecule has 0 fully saturated rings. The molecule has 2 heteroatoms. The molecule has 0 bridgehead atoms. The predicted octanol–water partition coefficient (Wildman–Crippen LogP) is 5.31. The Morgan fingerprint density at radius 1 is 1.11 bits per heavy atom. The van der Waals surface area contributed by atoms with Crippen LogP contribution >= 0.6 is 0 Å². The van der Waals surface area contributed by atoms with Gasteiger partial charge in [-0.3, -0.25) is 0 Å². The number of terminal acetylenes is 1. The first-order chi connectivity index (χ1) is 8.64. The van der Waals surface area contributed by atoms with Gasteiger partial charge in [0, 0.05) is 0 Å². The summed E-state index contributed by atoms with van der Waals surface area (Å²) in [5.74, 6) is 2.93. The minimum absolute atomic E-state index is 0.164. The molecule has 0 amide bonds. The number of hydrogen-bond donors (Lipinski definition) is 0. The van der Waals surface area contributed by atoms with Crippen LogP contribution in [0.15, 0.2) is 25.3 Å². The highest BCUT2D eigenvalue weighted by Crippen LogP contribution is 2.41. The highest BCUT2D eigenvalue weighted by atomic mass is 28.4. The Hall–Kier alpha value is -0.783. The van der Waals surface area contributed by atoms with E-state index in [4.69, 9.17) is 10.8 Å². The van der Waals surface area contributed by atoms with Crippen LogP contribution in [-0.2, 0) is 4.43 Å². The van der Waals surface area contributed by atoms with E-state index in [2.05, 4.69) is 52.9 Å². The van der Waals surface area contributed by atoms with Gasteiger partial charge in [0.2, 0.25) is 0 Å².